The fraction of sp³-hybridized carbons (Fsp3) is 0.750. The number of hydrogen-bond donors (Lipinski definition) is 1. The van der Waals surface area contributed by atoms with Crippen LogP contribution in [-0.4, -0.2) is 54.4 Å². The molecule has 9 heteroatoms. The molecule has 0 aliphatic rings. The van der Waals surface area contributed by atoms with Gasteiger partial charge in [-0.15, -0.1) is 0 Å². The fourth-order valence-electron chi connectivity index (χ4n) is 1.75. The van der Waals surface area contributed by atoms with Crippen molar-refractivity contribution in [3.05, 3.63) is 0 Å². The molecule has 0 atom stereocenters. The standard InChI is InChI=1S/C12H21F3N6/c1-5-16-9-17-10(20(4)8-12(13,14)15)19-11(18-9)21(6-2)7-3/h5-8H2,1-4H3,(H,16,17,18,19). The molecule has 0 aliphatic heterocycles. The monoisotopic (exact) mass is 306 g/mol. The van der Waals surface area contributed by atoms with Gasteiger partial charge < -0.3 is 15.1 Å². The molecular formula is C12H21F3N6. The van der Waals surface area contributed by atoms with Gasteiger partial charge in [0, 0.05) is 26.7 Å². The van der Waals surface area contributed by atoms with Crippen molar-refractivity contribution in [2.75, 3.05) is 48.3 Å². The van der Waals surface area contributed by atoms with E-state index in [9.17, 15) is 13.2 Å². The van der Waals surface area contributed by atoms with Crippen molar-refractivity contribution in [1.82, 2.24) is 15.0 Å². The zero-order valence-corrected chi connectivity index (χ0v) is 12.7. The van der Waals surface area contributed by atoms with E-state index >= 15 is 0 Å². The first-order valence-corrected chi connectivity index (χ1v) is 6.83. The van der Waals surface area contributed by atoms with Crippen molar-refractivity contribution in [3.63, 3.8) is 0 Å². The second-order valence-corrected chi connectivity index (χ2v) is 4.43. The van der Waals surface area contributed by atoms with E-state index in [1.165, 1.54) is 7.05 Å². The molecule has 120 valence electrons. The molecule has 0 aromatic carbocycles. The van der Waals surface area contributed by atoms with Crippen molar-refractivity contribution >= 4 is 17.8 Å². The molecule has 1 rings (SSSR count). The first kappa shape index (κ1) is 17.3. The normalized spacial score (nSPS) is 11.4. The fourth-order valence-corrected chi connectivity index (χ4v) is 1.75. The number of hydrogen-bond acceptors (Lipinski definition) is 6. The van der Waals surface area contributed by atoms with E-state index in [-0.39, 0.29) is 11.9 Å². The third-order valence-corrected chi connectivity index (χ3v) is 2.75. The molecule has 0 aliphatic carbocycles. The summed E-state index contributed by atoms with van der Waals surface area (Å²) in [6.45, 7) is 6.51. The highest BCUT2D eigenvalue weighted by Gasteiger charge is 2.30. The molecule has 1 N–H and O–H groups in total. The lowest BCUT2D eigenvalue weighted by Gasteiger charge is -2.23. The van der Waals surface area contributed by atoms with Crippen molar-refractivity contribution in [2.24, 2.45) is 0 Å². The van der Waals surface area contributed by atoms with Crippen LogP contribution in [0.5, 0.6) is 0 Å². The second kappa shape index (κ2) is 7.28. The molecule has 0 radical (unpaired) electrons. The van der Waals surface area contributed by atoms with Gasteiger partial charge in [-0.3, -0.25) is 0 Å². The largest absolute Gasteiger partial charge is 0.406 e. The average Bonchev–Trinajstić information content (AvgIpc) is 2.38. The van der Waals surface area contributed by atoms with E-state index in [2.05, 4.69) is 20.3 Å². The number of nitrogens with zero attached hydrogens (tertiary/aromatic N) is 5. The van der Waals surface area contributed by atoms with E-state index in [0.717, 1.165) is 4.90 Å². The molecule has 0 fully saturated rings. The van der Waals surface area contributed by atoms with E-state index in [0.29, 0.717) is 25.6 Å². The lowest BCUT2D eigenvalue weighted by molar-refractivity contribution is -0.119. The van der Waals surface area contributed by atoms with Gasteiger partial charge in [-0.1, -0.05) is 0 Å². The van der Waals surface area contributed by atoms with Crippen molar-refractivity contribution in [3.8, 4) is 0 Å². The SMILES string of the molecule is CCNc1nc(N(C)CC(F)(F)F)nc(N(CC)CC)n1. The predicted octanol–water partition coefficient (Wildman–Crippen LogP) is 2.15. The molecule has 6 nitrogen and oxygen atoms in total. The Kier molecular flexibility index (Phi) is 5.98. The third-order valence-electron chi connectivity index (χ3n) is 2.75. The number of alkyl halides is 3. The molecule has 0 amide bonds. The molecule has 21 heavy (non-hydrogen) atoms. The summed E-state index contributed by atoms with van der Waals surface area (Å²) < 4.78 is 37.5. The van der Waals surface area contributed by atoms with Crippen molar-refractivity contribution < 1.29 is 13.2 Å². The average molecular weight is 306 g/mol. The number of aromatic nitrogens is 3. The van der Waals surface area contributed by atoms with Crippen LogP contribution in [0.3, 0.4) is 0 Å². The topological polar surface area (TPSA) is 57.2 Å². The minimum absolute atomic E-state index is 0.000162. The number of nitrogens with one attached hydrogen (secondary N) is 1. The maximum absolute atomic E-state index is 12.5. The van der Waals surface area contributed by atoms with Crippen LogP contribution < -0.4 is 15.1 Å². The highest BCUT2D eigenvalue weighted by molar-refractivity contribution is 5.44. The van der Waals surface area contributed by atoms with Gasteiger partial charge in [0.05, 0.1) is 0 Å². The van der Waals surface area contributed by atoms with Crippen LogP contribution in [0.1, 0.15) is 20.8 Å². The highest BCUT2D eigenvalue weighted by Crippen LogP contribution is 2.20. The van der Waals surface area contributed by atoms with Crippen molar-refractivity contribution in [1.29, 1.82) is 0 Å². The molecule has 0 unspecified atom stereocenters. The lowest BCUT2D eigenvalue weighted by atomic mass is 10.5. The minimum Gasteiger partial charge on any atom is -0.354 e. The van der Waals surface area contributed by atoms with E-state index < -0.39 is 12.7 Å². The van der Waals surface area contributed by atoms with Gasteiger partial charge in [-0.2, -0.15) is 28.1 Å². The Morgan fingerprint density at radius 2 is 1.57 bits per heavy atom. The van der Waals surface area contributed by atoms with Gasteiger partial charge in [0.15, 0.2) is 0 Å². The Morgan fingerprint density at radius 3 is 2.05 bits per heavy atom. The smallest absolute Gasteiger partial charge is 0.354 e. The Bertz CT molecular complexity index is 447. The maximum atomic E-state index is 12.5. The summed E-state index contributed by atoms with van der Waals surface area (Å²) in [7, 11) is 1.31. The first-order valence-electron chi connectivity index (χ1n) is 6.83. The Hall–Kier alpha value is -1.80. The molecule has 0 saturated heterocycles. The van der Waals surface area contributed by atoms with Crippen LogP contribution in [0.15, 0.2) is 0 Å². The molecule has 1 aromatic rings. The quantitative estimate of drug-likeness (QED) is 0.833. The summed E-state index contributed by atoms with van der Waals surface area (Å²) in [5.74, 6) is 0.647. The first-order chi connectivity index (χ1) is 9.80. The summed E-state index contributed by atoms with van der Waals surface area (Å²) in [4.78, 5) is 15.2. The molecule has 1 aromatic heterocycles. The van der Waals surface area contributed by atoms with E-state index in [4.69, 9.17) is 0 Å². The van der Waals surface area contributed by atoms with Gasteiger partial charge in [0.1, 0.15) is 6.54 Å². The summed E-state index contributed by atoms with van der Waals surface area (Å²) in [5.41, 5.74) is 0. The lowest BCUT2D eigenvalue weighted by Crippen LogP contribution is -2.33. The van der Waals surface area contributed by atoms with Crippen LogP contribution in [-0.2, 0) is 0 Å². The van der Waals surface area contributed by atoms with Crippen LogP contribution in [0, 0.1) is 0 Å². The number of anilines is 3. The maximum Gasteiger partial charge on any atom is 0.406 e. The van der Waals surface area contributed by atoms with E-state index in [1.54, 1.807) is 0 Å². The summed E-state index contributed by atoms with van der Waals surface area (Å²) in [6, 6.07) is 0. The van der Waals surface area contributed by atoms with Crippen LogP contribution in [0.4, 0.5) is 31.0 Å². The van der Waals surface area contributed by atoms with Gasteiger partial charge in [0.2, 0.25) is 17.8 Å². The second-order valence-electron chi connectivity index (χ2n) is 4.43. The molecule has 1 heterocycles. The molecular weight excluding hydrogens is 285 g/mol. The van der Waals surface area contributed by atoms with E-state index in [1.807, 2.05) is 25.7 Å². The zero-order chi connectivity index (χ0) is 16.0. The Morgan fingerprint density at radius 1 is 1.00 bits per heavy atom. The number of halogens is 3. The minimum atomic E-state index is -4.31. The van der Waals surface area contributed by atoms with Crippen LogP contribution >= 0.6 is 0 Å². The summed E-state index contributed by atoms with van der Waals surface area (Å²) >= 11 is 0. The molecule has 0 bridgehead atoms. The van der Waals surface area contributed by atoms with Gasteiger partial charge in [0.25, 0.3) is 0 Å². The zero-order valence-electron chi connectivity index (χ0n) is 12.7. The summed E-state index contributed by atoms with van der Waals surface area (Å²) in [5, 5.41) is 2.91. The Labute approximate surface area is 122 Å². The third kappa shape index (κ3) is 5.24. The molecule has 0 spiro atoms. The van der Waals surface area contributed by atoms with Crippen LogP contribution in [0.2, 0.25) is 0 Å². The van der Waals surface area contributed by atoms with Crippen LogP contribution in [0.25, 0.3) is 0 Å². The highest BCUT2D eigenvalue weighted by atomic mass is 19.4. The number of rotatable bonds is 7. The van der Waals surface area contributed by atoms with Gasteiger partial charge in [-0.25, -0.2) is 0 Å². The Balaban J connectivity index is 3.12. The summed E-state index contributed by atoms with van der Waals surface area (Å²) in [6.07, 6.45) is -4.31. The van der Waals surface area contributed by atoms with Crippen molar-refractivity contribution in [2.45, 2.75) is 26.9 Å². The van der Waals surface area contributed by atoms with Gasteiger partial charge >= 0.3 is 6.18 Å². The van der Waals surface area contributed by atoms with Gasteiger partial charge in [-0.05, 0) is 20.8 Å². The molecule has 0 saturated carbocycles. The predicted molar refractivity (Wildman–Crippen MR) is 76.9 cm³/mol.